The maximum atomic E-state index is 13.1. The summed E-state index contributed by atoms with van der Waals surface area (Å²) >= 11 is 0. The average Bonchev–Trinajstić information content (AvgIpc) is 3.30. The number of pyridine rings is 1. The van der Waals surface area contributed by atoms with Crippen LogP contribution in [-0.2, 0) is 13.1 Å². The van der Waals surface area contributed by atoms with Crippen LogP contribution in [0.4, 0.5) is 10.5 Å². The molecule has 1 atom stereocenters. The average molecular weight is 469 g/mol. The minimum atomic E-state index is -0.0255. The fourth-order valence-electron chi connectivity index (χ4n) is 5.23. The second kappa shape index (κ2) is 9.03. The van der Waals surface area contributed by atoms with Crippen molar-refractivity contribution in [2.75, 3.05) is 25.5 Å². The Morgan fingerprint density at radius 3 is 2.83 bits per heavy atom. The number of carbonyl (C=O) groups excluding carboxylic acids is 1. The molecule has 8 nitrogen and oxygen atoms in total. The lowest BCUT2D eigenvalue weighted by Gasteiger charge is -2.41. The van der Waals surface area contributed by atoms with E-state index in [1.807, 2.05) is 29.2 Å². The Morgan fingerprint density at radius 2 is 2.03 bits per heavy atom. The van der Waals surface area contributed by atoms with Crippen LogP contribution >= 0.6 is 0 Å². The van der Waals surface area contributed by atoms with E-state index >= 15 is 0 Å². The predicted octanol–water partition coefficient (Wildman–Crippen LogP) is 4.65. The zero-order valence-corrected chi connectivity index (χ0v) is 19.7. The number of piperidine rings is 1. The topological polar surface area (TPSA) is 86.4 Å². The molecule has 0 spiro atoms. The molecule has 2 N–H and O–H groups in total. The van der Waals surface area contributed by atoms with Gasteiger partial charge in [0.15, 0.2) is 0 Å². The van der Waals surface area contributed by atoms with Gasteiger partial charge in [0, 0.05) is 54.6 Å². The first-order valence-electron chi connectivity index (χ1n) is 12.0. The van der Waals surface area contributed by atoms with Crippen molar-refractivity contribution >= 4 is 22.6 Å². The number of nitrogens with zero attached hydrogens (tertiary/aromatic N) is 4. The number of aromatic amines is 1. The highest BCUT2D eigenvalue weighted by atomic mass is 16.5. The molecule has 2 aromatic heterocycles. The van der Waals surface area contributed by atoms with Gasteiger partial charge in [0.25, 0.3) is 0 Å². The van der Waals surface area contributed by atoms with Crippen LogP contribution in [0.15, 0.2) is 60.8 Å². The third-order valence-electron chi connectivity index (χ3n) is 7.02. The number of methoxy groups -OCH3 is 1. The van der Waals surface area contributed by atoms with Crippen LogP contribution < -0.4 is 10.1 Å². The van der Waals surface area contributed by atoms with Gasteiger partial charge >= 0.3 is 6.03 Å². The molecule has 0 bridgehead atoms. The van der Waals surface area contributed by atoms with Crippen molar-refractivity contribution in [2.45, 2.75) is 32.0 Å². The molecule has 35 heavy (non-hydrogen) atoms. The highest BCUT2D eigenvalue weighted by Gasteiger charge is 2.32. The van der Waals surface area contributed by atoms with E-state index in [-0.39, 0.29) is 12.1 Å². The number of H-pyrrole nitrogens is 1. The molecule has 0 radical (unpaired) electrons. The lowest BCUT2D eigenvalue weighted by molar-refractivity contribution is 0.108. The zero-order chi connectivity index (χ0) is 23.8. The van der Waals surface area contributed by atoms with Crippen molar-refractivity contribution in [3.63, 3.8) is 0 Å². The van der Waals surface area contributed by atoms with Gasteiger partial charge < -0.3 is 15.0 Å². The first-order chi connectivity index (χ1) is 17.2. The Kier molecular flexibility index (Phi) is 5.58. The molecule has 1 fully saturated rings. The van der Waals surface area contributed by atoms with Crippen molar-refractivity contribution in [3.8, 4) is 17.1 Å². The summed E-state index contributed by atoms with van der Waals surface area (Å²) in [5.41, 5.74) is 5.89. The summed E-state index contributed by atoms with van der Waals surface area (Å²) in [6, 6.07) is 18.6. The predicted molar refractivity (Wildman–Crippen MR) is 135 cm³/mol. The quantitative estimate of drug-likeness (QED) is 0.445. The monoisotopic (exact) mass is 468 g/mol. The maximum absolute atomic E-state index is 13.1. The van der Waals surface area contributed by atoms with Crippen molar-refractivity contribution in [1.29, 1.82) is 0 Å². The third kappa shape index (κ3) is 4.21. The highest BCUT2D eigenvalue weighted by Crippen LogP contribution is 2.34. The van der Waals surface area contributed by atoms with Crippen LogP contribution in [0.2, 0.25) is 0 Å². The van der Waals surface area contributed by atoms with E-state index in [1.54, 1.807) is 13.3 Å². The number of carbonyl (C=O) groups is 1. The van der Waals surface area contributed by atoms with Crippen LogP contribution in [0.1, 0.15) is 24.0 Å². The SMILES string of the molecule is COc1ccc(-c2n[nH]c3cc4c(cc23)CN([C@@H]2CCCN(Cc3ccccc3)C2)C(=O)N4)cn1. The maximum Gasteiger partial charge on any atom is 0.322 e. The van der Waals surface area contributed by atoms with Crippen LogP contribution in [0.3, 0.4) is 0 Å². The number of urea groups is 1. The molecule has 2 aromatic carbocycles. The number of likely N-dealkylation sites (tertiary alicyclic amines) is 1. The molecule has 0 saturated carbocycles. The summed E-state index contributed by atoms with van der Waals surface area (Å²) in [5, 5.41) is 11.8. The Balaban J connectivity index is 1.25. The van der Waals surface area contributed by atoms with Crippen molar-refractivity contribution < 1.29 is 9.53 Å². The summed E-state index contributed by atoms with van der Waals surface area (Å²) in [7, 11) is 1.60. The molecular formula is C27H28N6O2. The van der Waals surface area contributed by atoms with E-state index in [2.05, 4.69) is 55.7 Å². The van der Waals surface area contributed by atoms with Crippen LogP contribution in [-0.4, -0.2) is 57.3 Å². The van der Waals surface area contributed by atoms with E-state index < -0.39 is 0 Å². The standard InChI is InChI=1S/C27H28N6O2/c1-35-25-10-9-19(14-28-25)26-22-12-20-16-33(27(34)29-23(20)13-24(22)30-31-26)21-8-5-11-32(17-21)15-18-6-3-2-4-7-18/h2-4,6-7,9-10,12-14,21H,5,8,11,15-17H2,1H3,(H,29,34)(H,30,31)/t21-/m1/s1. The van der Waals surface area contributed by atoms with Gasteiger partial charge in [0.1, 0.15) is 5.69 Å². The summed E-state index contributed by atoms with van der Waals surface area (Å²) in [6.07, 6.45) is 3.87. The van der Waals surface area contributed by atoms with E-state index in [0.29, 0.717) is 12.4 Å². The fraction of sp³-hybridized carbons (Fsp3) is 0.296. The molecule has 8 heteroatoms. The summed E-state index contributed by atoms with van der Waals surface area (Å²) in [5.74, 6) is 0.568. The Hall–Kier alpha value is -3.91. The smallest absolute Gasteiger partial charge is 0.322 e. The minimum Gasteiger partial charge on any atom is -0.481 e. The molecule has 2 aliphatic heterocycles. The molecule has 0 aliphatic carbocycles. The van der Waals surface area contributed by atoms with Gasteiger partial charge in [-0.1, -0.05) is 30.3 Å². The van der Waals surface area contributed by atoms with Crippen LogP contribution in [0.25, 0.3) is 22.2 Å². The lowest BCUT2D eigenvalue weighted by atomic mass is 9.99. The Labute approximate surface area is 203 Å². The number of hydrogen-bond acceptors (Lipinski definition) is 5. The van der Waals surface area contributed by atoms with E-state index in [9.17, 15) is 4.79 Å². The molecular weight excluding hydrogens is 440 g/mol. The van der Waals surface area contributed by atoms with E-state index in [0.717, 1.165) is 65.9 Å². The molecule has 2 aliphatic rings. The number of anilines is 1. The number of aromatic nitrogens is 3. The van der Waals surface area contributed by atoms with Gasteiger partial charge in [-0.2, -0.15) is 5.10 Å². The molecule has 1 saturated heterocycles. The van der Waals surface area contributed by atoms with Gasteiger partial charge in [0.2, 0.25) is 5.88 Å². The van der Waals surface area contributed by atoms with Crippen molar-refractivity contribution in [3.05, 3.63) is 71.9 Å². The number of hydrogen-bond donors (Lipinski definition) is 2. The second-order valence-corrected chi connectivity index (χ2v) is 9.29. The van der Waals surface area contributed by atoms with Gasteiger partial charge in [-0.05, 0) is 48.7 Å². The Morgan fingerprint density at radius 1 is 1.14 bits per heavy atom. The number of amides is 2. The van der Waals surface area contributed by atoms with Crippen molar-refractivity contribution in [1.82, 2.24) is 25.0 Å². The lowest BCUT2D eigenvalue weighted by Crippen LogP contribution is -2.52. The number of ether oxygens (including phenoxy) is 1. The summed E-state index contributed by atoms with van der Waals surface area (Å²) < 4.78 is 5.18. The molecule has 6 rings (SSSR count). The summed E-state index contributed by atoms with van der Waals surface area (Å²) in [4.78, 5) is 21.9. The first-order valence-corrected chi connectivity index (χ1v) is 12.0. The van der Waals surface area contributed by atoms with Gasteiger partial charge in [-0.15, -0.1) is 0 Å². The van der Waals surface area contributed by atoms with E-state index in [1.165, 1.54) is 5.56 Å². The van der Waals surface area contributed by atoms with Gasteiger partial charge in [-0.25, -0.2) is 9.78 Å². The highest BCUT2D eigenvalue weighted by molar-refractivity contribution is 6.00. The first kappa shape index (κ1) is 21.6. The van der Waals surface area contributed by atoms with Gasteiger partial charge in [0.05, 0.1) is 12.6 Å². The molecule has 0 unspecified atom stereocenters. The number of nitrogens with one attached hydrogen (secondary N) is 2. The zero-order valence-electron chi connectivity index (χ0n) is 19.7. The van der Waals surface area contributed by atoms with Crippen molar-refractivity contribution in [2.24, 2.45) is 0 Å². The molecule has 2 amide bonds. The van der Waals surface area contributed by atoms with Crippen LogP contribution in [0.5, 0.6) is 5.88 Å². The Bertz CT molecular complexity index is 1350. The second-order valence-electron chi connectivity index (χ2n) is 9.29. The van der Waals surface area contributed by atoms with Gasteiger partial charge in [-0.3, -0.25) is 10.00 Å². The normalized spacial score (nSPS) is 18.4. The third-order valence-corrected chi connectivity index (χ3v) is 7.02. The molecule has 4 aromatic rings. The van der Waals surface area contributed by atoms with E-state index in [4.69, 9.17) is 4.74 Å². The number of rotatable bonds is 5. The minimum absolute atomic E-state index is 0.0255. The molecule has 4 heterocycles. The number of fused-ring (bicyclic) bond motifs is 2. The number of benzene rings is 2. The largest absolute Gasteiger partial charge is 0.481 e. The van der Waals surface area contributed by atoms with Crippen LogP contribution in [0, 0.1) is 0 Å². The summed E-state index contributed by atoms with van der Waals surface area (Å²) in [6.45, 7) is 3.45. The molecule has 178 valence electrons. The fourth-order valence-corrected chi connectivity index (χ4v) is 5.23.